The van der Waals surface area contributed by atoms with Gasteiger partial charge in [-0.3, -0.25) is 9.79 Å². The van der Waals surface area contributed by atoms with Crippen LogP contribution in [0.5, 0.6) is 0 Å². The highest BCUT2D eigenvalue weighted by atomic mass is 32.1. The highest BCUT2D eigenvalue weighted by molar-refractivity contribution is 7.09. The zero-order valence-corrected chi connectivity index (χ0v) is 17.1. The number of rotatable bonds is 8. The summed E-state index contributed by atoms with van der Waals surface area (Å²) in [4.78, 5) is 18.1. The van der Waals surface area contributed by atoms with Crippen LogP contribution in [0.4, 0.5) is 0 Å². The predicted octanol–water partition coefficient (Wildman–Crippen LogP) is 3.60. The van der Waals surface area contributed by atoms with Crippen molar-refractivity contribution in [1.29, 1.82) is 0 Å². The smallest absolute Gasteiger partial charge is 0.308 e. The molecule has 0 amide bonds. The van der Waals surface area contributed by atoms with E-state index in [1.165, 1.54) is 4.88 Å². The summed E-state index contributed by atoms with van der Waals surface area (Å²) >= 11 is 1.81. The van der Waals surface area contributed by atoms with Gasteiger partial charge in [0, 0.05) is 24.0 Å². The van der Waals surface area contributed by atoms with Crippen molar-refractivity contribution in [2.75, 3.05) is 19.7 Å². The number of ether oxygens (including phenoxy) is 1. The van der Waals surface area contributed by atoms with Crippen molar-refractivity contribution in [1.82, 2.24) is 10.6 Å². The monoisotopic (exact) mass is 379 g/mol. The van der Waals surface area contributed by atoms with Gasteiger partial charge in [-0.15, -0.1) is 11.3 Å². The Labute approximate surface area is 161 Å². The van der Waals surface area contributed by atoms with Crippen molar-refractivity contribution < 1.29 is 9.53 Å². The molecule has 1 fully saturated rings. The van der Waals surface area contributed by atoms with Crippen LogP contribution in [0.2, 0.25) is 0 Å². The Morgan fingerprint density at radius 2 is 2.12 bits per heavy atom. The van der Waals surface area contributed by atoms with Gasteiger partial charge in [0.2, 0.25) is 0 Å². The van der Waals surface area contributed by atoms with Crippen molar-refractivity contribution in [2.24, 2.45) is 16.8 Å². The van der Waals surface area contributed by atoms with Crippen LogP contribution in [0.3, 0.4) is 0 Å². The SMILES string of the molecule is CCNC(=NCC(C)Cc1cccs1)NC1CCC(C(=O)OCC)CC1. The lowest BCUT2D eigenvalue weighted by atomic mass is 9.86. The number of nitrogens with one attached hydrogen (secondary N) is 2. The molecule has 1 aromatic rings. The predicted molar refractivity (Wildman–Crippen MR) is 109 cm³/mol. The van der Waals surface area contributed by atoms with E-state index in [1.807, 2.05) is 18.3 Å². The number of hydrogen-bond acceptors (Lipinski definition) is 4. The first-order chi connectivity index (χ1) is 12.6. The summed E-state index contributed by atoms with van der Waals surface area (Å²) in [5, 5.41) is 9.03. The molecule has 146 valence electrons. The zero-order valence-electron chi connectivity index (χ0n) is 16.3. The van der Waals surface area contributed by atoms with Gasteiger partial charge in [0.1, 0.15) is 0 Å². The molecular weight excluding hydrogens is 346 g/mol. The van der Waals surface area contributed by atoms with E-state index in [-0.39, 0.29) is 11.9 Å². The van der Waals surface area contributed by atoms with Gasteiger partial charge in [-0.05, 0) is 63.3 Å². The van der Waals surface area contributed by atoms with Crippen LogP contribution in [0.15, 0.2) is 22.5 Å². The largest absolute Gasteiger partial charge is 0.466 e. The van der Waals surface area contributed by atoms with Crippen molar-refractivity contribution >= 4 is 23.3 Å². The summed E-state index contributed by atoms with van der Waals surface area (Å²) in [6, 6.07) is 4.68. The number of aliphatic imine (C=N–C) groups is 1. The fourth-order valence-corrected chi connectivity index (χ4v) is 4.20. The molecule has 26 heavy (non-hydrogen) atoms. The van der Waals surface area contributed by atoms with Gasteiger partial charge in [0.25, 0.3) is 0 Å². The molecule has 0 spiro atoms. The van der Waals surface area contributed by atoms with Crippen LogP contribution in [-0.4, -0.2) is 37.7 Å². The molecule has 1 aromatic heterocycles. The normalized spacial score (nSPS) is 21.9. The Hall–Kier alpha value is -1.56. The molecule has 1 heterocycles. The minimum Gasteiger partial charge on any atom is -0.466 e. The average Bonchev–Trinajstić information content (AvgIpc) is 3.13. The molecule has 1 saturated carbocycles. The number of thiophene rings is 1. The third-order valence-corrected chi connectivity index (χ3v) is 5.62. The molecule has 2 N–H and O–H groups in total. The second-order valence-corrected chi connectivity index (χ2v) is 8.09. The second-order valence-electron chi connectivity index (χ2n) is 7.05. The first-order valence-electron chi connectivity index (χ1n) is 9.86. The first-order valence-corrected chi connectivity index (χ1v) is 10.7. The molecule has 5 nitrogen and oxygen atoms in total. The average molecular weight is 380 g/mol. The number of esters is 1. The molecule has 2 rings (SSSR count). The van der Waals surface area contributed by atoms with Crippen LogP contribution in [0, 0.1) is 11.8 Å². The third kappa shape index (κ3) is 6.98. The maximum absolute atomic E-state index is 11.9. The van der Waals surface area contributed by atoms with E-state index in [9.17, 15) is 4.79 Å². The van der Waals surface area contributed by atoms with Gasteiger partial charge in [-0.2, -0.15) is 0 Å². The highest BCUT2D eigenvalue weighted by Crippen LogP contribution is 2.25. The lowest BCUT2D eigenvalue weighted by Crippen LogP contribution is -2.45. The molecule has 1 atom stereocenters. The van der Waals surface area contributed by atoms with E-state index < -0.39 is 0 Å². The quantitative estimate of drug-likeness (QED) is 0.411. The topological polar surface area (TPSA) is 62.7 Å². The van der Waals surface area contributed by atoms with Crippen molar-refractivity contribution in [2.45, 2.75) is 58.9 Å². The summed E-state index contributed by atoms with van der Waals surface area (Å²) < 4.78 is 5.15. The van der Waals surface area contributed by atoms with Crippen molar-refractivity contribution in [3.05, 3.63) is 22.4 Å². The lowest BCUT2D eigenvalue weighted by Gasteiger charge is -2.29. The van der Waals surface area contributed by atoms with E-state index >= 15 is 0 Å². The van der Waals surface area contributed by atoms with Crippen LogP contribution < -0.4 is 10.6 Å². The Morgan fingerprint density at radius 3 is 2.73 bits per heavy atom. The Morgan fingerprint density at radius 1 is 1.35 bits per heavy atom. The summed E-state index contributed by atoms with van der Waals surface area (Å²) in [5.41, 5.74) is 0. The number of carbonyl (C=O) groups is 1. The third-order valence-electron chi connectivity index (χ3n) is 4.72. The highest BCUT2D eigenvalue weighted by Gasteiger charge is 2.27. The molecule has 0 bridgehead atoms. The molecule has 0 aliphatic heterocycles. The van der Waals surface area contributed by atoms with Crippen molar-refractivity contribution in [3.63, 3.8) is 0 Å². The number of guanidine groups is 1. The fraction of sp³-hybridized carbons (Fsp3) is 0.700. The maximum Gasteiger partial charge on any atom is 0.308 e. The van der Waals surface area contributed by atoms with E-state index in [4.69, 9.17) is 9.73 Å². The van der Waals surface area contributed by atoms with Gasteiger partial charge < -0.3 is 15.4 Å². The molecule has 0 saturated heterocycles. The van der Waals surface area contributed by atoms with Crippen LogP contribution in [0.1, 0.15) is 51.3 Å². The zero-order chi connectivity index (χ0) is 18.8. The van der Waals surface area contributed by atoms with Gasteiger partial charge in [0.05, 0.1) is 12.5 Å². The van der Waals surface area contributed by atoms with Gasteiger partial charge in [-0.25, -0.2) is 0 Å². The van der Waals surface area contributed by atoms with E-state index in [2.05, 4.69) is 42.0 Å². The van der Waals surface area contributed by atoms with E-state index in [0.717, 1.165) is 51.2 Å². The molecule has 0 radical (unpaired) electrons. The van der Waals surface area contributed by atoms with Gasteiger partial charge in [0.15, 0.2) is 5.96 Å². The molecule has 1 aliphatic carbocycles. The Bertz CT molecular complexity index is 551. The number of hydrogen-bond donors (Lipinski definition) is 2. The summed E-state index contributed by atoms with van der Waals surface area (Å²) in [6.45, 7) is 8.33. The minimum absolute atomic E-state index is 0.0334. The first kappa shape index (κ1) is 20.7. The molecule has 6 heteroatoms. The molecule has 1 unspecified atom stereocenters. The summed E-state index contributed by atoms with van der Waals surface area (Å²) in [7, 11) is 0. The van der Waals surface area contributed by atoms with Crippen LogP contribution in [-0.2, 0) is 16.0 Å². The fourth-order valence-electron chi connectivity index (χ4n) is 3.33. The molecule has 1 aliphatic rings. The number of carbonyl (C=O) groups excluding carboxylic acids is 1. The lowest BCUT2D eigenvalue weighted by molar-refractivity contribution is -0.149. The van der Waals surface area contributed by atoms with E-state index in [1.54, 1.807) is 0 Å². The van der Waals surface area contributed by atoms with E-state index in [0.29, 0.717) is 18.6 Å². The molecular formula is C20H33N3O2S. The second kappa shape index (κ2) is 11.2. The van der Waals surface area contributed by atoms with Gasteiger partial charge in [-0.1, -0.05) is 13.0 Å². The maximum atomic E-state index is 11.9. The van der Waals surface area contributed by atoms with Gasteiger partial charge >= 0.3 is 5.97 Å². The molecule has 0 aromatic carbocycles. The Kier molecular flexibility index (Phi) is 8.95. The standard InChI is InChI=1S/C20H33N3O2S/c1-4-21-20(22-14-15(3)13-18-7-6-12-26-18)23-17-10-8-16(9-11-17)19(24)25-5-2/h6-7,12,15-17H,4-5,8-11,13-14H2,1-3H3,(H2,21,22,23). The Balaban J connectivity index is 1.79. The van der Waals surface area contributed by atoms with Crippen LogP contribution >= 0.6 is 11.3 Å². The summed E-state index contributed by atoms with van der Waals surface area (Å²) in [6.07, 6.45) is 4.83. The van der Waals surface area contributed by atoms with Crippen LogP contribution in [0.25, 0.3) is 0 Å². The number of nitrogens with zero attached hydrogens (tertiary/aromatic N) is 1. The van der Waals surface area contributed by atoms with Crippen molar-refractivity contribution in [3.8, 4) is 0 Å². The summed E-state index contributed by atoms with van der Waals surface area (Å²) in [5.74, 6) is 1.45. The minimum atomic E-state index is -0.0334.